The Hall–Kier alpha value is -1.47. The summed E-state index contributed by atoms with van der Waals surface area (Å²) in [6, 6.07) is 2.36. The Morgan fingerprint density at radius 2 is 2.19 bits per heavy atom. The van der Waals surface area contributed by atoms with Crippen molar-refractivity contribution in [3.05, 3.63) is 28.8 Å². The van der Waals surface area contributed by atoms with E-state index in [2.05, 4.69) is 5.32 Å². The highest BCUT2D eigenvalue weighted by atomic mass is 35.5. The number of rotatable bonds is 2. The maximum absolute atomic E-state index is 12.7. The summed E-state index contributed by atoms with van der Waals surface area (Å²) in [5.41, 5.74) is 4.63. The first-order valence-corrected chi connectivity index (χ1v) is 6.82. The van der Waals surface area contributed by atoms with E-state index in [9.17, 15) is 18.0 Å². The Kier molecular flexibility index (Phi) is 4.63. The largest absolute Gasteiger partial charge is 0.416 e. The Morgan fingerprint density at radius 3 is 2.76 bits per heavy atom. The van der Waals surface area contributed by atoms with Gasteiger partial charge in [0.15, 0.2) is 0 Å². The number of anilines is 1. The van der Waals surface area contributed by atoms with Crippen LogP contribution in [0.4, 0.5) is 23.7 Å². The standard InChI is InChI=1S/C13H15ClF3N3O/c14-10-2-1-9(13(15,16)17)5-11(10)19-12(21)20-4-3-8(6-18)7-20/h1-2,5,8H,3-4,6-7,18H2,(H,19,21)/t8-/m1/s1. The summed E-state index contributed by atoms with van der Waals surface area (Å²) >= 11 is 5.83. The summed E-state index contributed by atoms with van der Waals surface area (Å²) in [6.07, 6.45) is -3.69. The average Bonchev–Trinajstić information content (AvgIpc) is 2.88. The average molecular weight is 322 g/mol. The van der Waals surface area contributed by atoms with Crippen molar-refractivity contribution >= 4 is 23.3 Å². The Morgan fingerprint density at radius 1 is 1.48 bits per heavy atom. The smallest absolute Gasteiger partial charge is 0.330 e. The van der Waals surface area contributed by atoms with Crippen LogP contribution in [-0.2, 0) is 6.18 Å². The monoisotopic (exact) mass is 321 g/mol. The summed E-state index contributed by atoms with van der Waals surface area (Å²) in [5, 5.41) is 2.48. The van der Waals surface area contributed by atoms with Crippen molar-refractivity contribution in [2.45, 2.75) is 12.6 Å². The Labute approximate surface area is 125 Å². The minimum absolute atomic E-state index is 0.0484. The molecule has 1 aliphatic rings. The van der Waals surface area contributed by atoms with Crippen LogP contribution < -0.4 is 11.1 Å². The van der Waals surface area contributed by atoms with Crippen LogP contribution in [0, 0.1) is 5.92 Å². The number of alkyl halides is 3. The number of hydrogen-bond donors (Lipinski definition) is 2. The molecule has 0 spiro atoms. The lowest BCUT2D eigenvalue weighted by molar-refractivity contribution is -0.137. The fraction of sp³-hybridized carbons (Fsp3) is 0.462. The number of likely N-dealkylation sites (tertiary alicyclic amines) is 1. The third kappa shape index (κ3) is 3.79. The molecule has 1 aromatic carbocycles. The summed E-state index contributed by atoms with van der Waals surface area (Å²) in [5.74, 6) is 0.229. The first kappa shape index (κ1) is 15.9. The van der Waals surface area contributed by atoms with Gasteiger partial charge in [0.25, 0.3) is 0 Å². The quantitative estimate of drug-likeness (QED) is 0.879. The topological polar surface area (TPSA) is 58.4 Å². The van der Waals surface area contributed by atoms with Gasteiger partial charge in [-0.25, -0.2) is 4.79 Å². The highest BCUT2D eigenvalue weighted by Gasteiger charge is 2.31. The van der Waals surface area contributed by atoms with Gasteiger partial charge in [0.2, 0.25) is 0 Å². The first-order valence-electron chi connectivity index (χ1n) is 6.44. The maximum atomic E-state index is 12.7. The molecule has 3 N–H and O–H groups in total. The van der Waals surface area contributed by atoms with Gasteiger partial charge in [-0.2, -0.15) is 13.2 Å². The number of carbonyl (C=O) groups is 1. The van der Waals surface area contributed by atoms with Crippen LogP contribution in [0.25, 0.3) is 0 Å². The maximum Gasteiger partial charge on any atom is 0.416 e. The highest BCUT2D eigenvalue weighted by Crippen LogP contribution is 2.34. The van der Waals surface area contributed by atoms with E-state index in [1.54, 1.807) is 0 Å². The molecule has 21 heavy (non-hydrogen) atoms. The molecule has 0 bridgehead atoms. The lowest BCUT2D eigenvalue weighted by Crippen LogP contribution is -2.33. The lowest BCUT2D eigenvalue weighted by atomic mass is 10.1. The SMILES string of the molecule is NC[C@H]1CCN(C(=O)Nc2cc(C(F)(F)F)ccc2Cl)C1. The van der Waals surface area contributed by atoms with Crippen LogP contribution >= 0.6 is 11.6 Å². The second-order valence-corrected chi connectivity index (χ2v) is 5.37. The second-order valence-electron chi connectivity index (χ2n) is 4.96. The van der Waals surface area contributed by atoms with Gasteiger partial charge in [-0.3, -0.25) is 0 Å². The molecule has 1 fully saturated rings. The Bertz CT molecular complexity index is 536. The van der Waals surface area contributed by atoms with Crippen LogP contribution in [0.1, 0.15) is 12.0 Å². The van der Waals surface area contributed by atoms with E-state index in [-0.39, 0.29) is 16.6 Å². The van der Waals surface area contributed by atoms with Crippen LogP contribution in [0.2, 0.25) is 5.02 Å². The number of carbonyl (C=O) groups excluding carboxylic acids is 1. The van der Waals surface area contributed by atoms with Gasteiger partial charge >= 0.3 is 12.2 Å². The molecule has 4 nitrogen and oxygen atoms in total. The van der Waals surface area contributed by atoms with Gasteiger partial charge in [0.1, 0.15) is 0 Å². The fourth-order valence-electron chi connectivity index (χ4n) is 2.20. The van der Waals surface area contributed by atoms with Crippen molar-refractivity contribution in [2.24, 2.45) is 11.7 Å². The molecule has 0 radical (unpaired) electrons. The predicted octanol–water partition coefficient (Wildman–Crippen LogP) is 3.17. The van der Waals surface area contributed by atoms with Crippen LogP contribution in [0.3, 0.4) is 0 Å². The molecule has 1 aromatic rings. The van der Waals surface area contributed by atoms with E-state index in [4.69, 9.17) is 17.3 Å². The summed E-state index contributed by atoms with van der Waals surface area (Å²) in [4.78, 5) is 13.5. The number of urea groups is 1. The molecular weight excluding hydrogens is 307 g/mol. The number of nitrogens with zero attached hydrogens (tertiary/aromatic N) is 1. The van der Waals surface area contributed by atoms with Crippen molar-refractivity contribution in [1.82, 2.24) is 4.90 Å². The van der Waals surface area contributed by atoms with E-state index < -0.39 is 17.8 Å². The highest BCUT2D eigenvalue weighted by molar-refractivity contribution is 6.33. The third-order valence-corrected chi connectivity index (χ3v) is 3.77. The zero-order chi connectivity index (χ0) is 15.6. The van der Waals surface area contributed by atoms with Crippen molar-refractivity contribution in [1.29, 1.82) is 0 Å². The summed E-state index contributed by atoms with van der Waals surface area (Å²) in [7, 11) is 0. The molecule has 1 aliphatic heterocycles. The number of hydrogen-bond acceptors (Lipinski definition) is 2. The van der Waals surface area contributed by atoms with Gasteiger partial charge in [0.05, 0.1) is 16.3 Å². The molecule has 2 amide bonds. The van der Waals surface area contributed by atoms with Crippen molar-refractivity contribution in [2.75, 3.05) is 25.0 Å². The van der Waals surface area contributed by atoms with E-state index in [0.717, 1.165) is 24.6 Å². The zero-order valence-corrected chi connectivity index (χ0v) is 11.8. The zero-order valence-electron chi connectivity index (χ0n) is 11.1. The molecule has 2 rings (SSSR count). The number of nitrogens with two attached hydrogens (primary N) is 1. The predicted molar refractivity (Wildman–Crippen MR) is 74.2 cm³/mol. The van der Waals surface area contributed by atoms with Gasteiger partial charge in [-0.15, -0.1) is 0 Å². The molecule has 1 atom stereocenters. The summed E-state index contributed by atoms with van der Waals surface area (Å²) in [6.45, 7) is 1.51. The minimum atomic E-state index is -4.48. The van der Waals surface area contributed by atoms with Gasteiger partial charge < -0.3 is 16.0 Å². The van der Waals surface area contributed by atoms with E-state index in [1.807, 2.05) is 0 Å². The van der Waals surface area contributed by atoms with Crippen LogP contribution in [0.15, 0.2) is 18.2 Å². The molecule has 0 aliphatic carbocycles. The molecule has 8 heteroatoms. The summed E-state index contributed by atoms with van der Waals surface area (Å²) < 4.78 is 38.0. The second kappa shape index (κ2) is 6.11. The number of benzene rings is 1. The van der Waals surface area contributed by atoms with Crippen LogP contribution in [0.5, 0.6) is 0 Å². The van der Waals surface area contributed by atoms with E-state index in [0.29, 0.717) is 19.6 Å². The normalized spacial score (nSPS) is 18.9. The number of halogens is 4. The minimum Gasteiger partial charge on any atom is -0.330 e. The molecule has 1 saturated heterocycles. The number of amides is 2. The van der Waals surface area contributed by atoms with Crippen molar-refractivity contribution < 1.29 is 18.0 Å². The van der Waals surface area contributed by atoms with E-state index in [1.165, 1.54) is 4.90 Å². The number of nitrogens with one attached hydrogen (secondary N) is 1. The van der Waals surface area contributed by atoms with Crippen molar-refractivity contribution in [3.63, 3.8) is 0 Å². The van der Waals surface area contributed by atoms with E-state index >= 15 is 0 Å². The fourth-order valence-corrected chi connectivity index (χ4v) is 2.37. The Balaban J connectivity index is 2.10. The van der Waals surface area contributed by atoms with Crippen LogP contribution in [-0.4, -0.2) is 30.6 Å². The first-order chi connectivity index (χ1) is 9.81. The molecule has 1 heterocycles. The van der Waals surface area contributed by atoms with Gasteiger partial charge in [0, 0.05) is 13.1 Å². The molecule has 0 saturated carbocycles. The van der Waals surface area contributed by atoms with Gasteiger partial charge in [-0.1, -0.05) is 11.6 Å². The third-order valence-electron chi connectivity index (χ3n) is 3.44. The molecular formula is C13H15ClF3N3O. The molecule has 0 aromatic heterocycles. The molecule has 116 valence electrons. The molecule has 0 unspecified atom stereocenters. The lowest BCUT2D eigenvalue weighted by Gasteiger charge is -2.18. The van der Waals surface area contributed by atoms with Crippen molar-refractivity contribution in [3.8, 4) is 0 Å². The van der Waals surface area contributed by atoms with Gasteiger partial charge in [-0.05, 0) is 37.1 Å².